The van der Waals surface area contributed by atoms with Gasteiger partial charge < -0.3 is 14.8 Å². The number of anilines is 1. The molecular weight excluding hydrogens is 457 g/mol. The second-order valence-electron chi connectivity index (χ2n) is 7.15. The molecule has 1 N–H and O–H groups in total. The number of nitrogens with zero attached hydrogens (tertiary/aromatic N) is 4. The van der Waals surface area contributed by atoms with E-state index in [4.69, 9.17) is 23.2 Å². The molecule has 3 aromatic rings. The van der Waals surface area contributed by atoms with Crippen molar-refractivity contribution in [3.8, 4) is 0 Å². The number of carbonyl (C=O) groups is 2. The highest BCUT2D eigenvalue weighted by Crippen LogP contribution is 2.28. The van der Waals surface area contributed by atoms with Crippen LogP contribution in [0.15, 0.2) is 58.8 Å². The first-order valence-electron chi connectivity index (χ1n) is 9.60. The van der Waals surface area contributed by atoms with Crippen LogP contribution in [-0.4, -0.2) is 44.1 Å². The molecule has 0 saturated carbocycles. The Morgan fingerprint density at radius 2 is 1.84 bits per heavy atom. The van der Waals surface area contributed by atoms with Gasteiger partial charge in [0.15, 0.2) is 5.16 Å². The fourth-order valence-electron chi connectivity index (χ4n) is 3.43. The van der Waals surface area contributed by atoms with Crippen molar-refractivity contribution in [3.63, 3.8) is 0 Å². The van der Waals surface area contributed by atoms with Gasteiger partial charge in [0.2, 0.25) is 5.91 Å². The average molecular weight is 476 g/mol. The number of halogens is 2. The van der Waals surface area contributed by atoms with Gasteiger partial charge in [-0.2, -0.15) is 0 Å². The Labute approximate surface area is 193 Å². The molecule has 1 unspecified atom stereocenters. The molecule has 0 bridgehead atoms. The average Bonchev–Trinajstić information content (AvgIpc) is 3.38. The maximum atomic E-state index is 13.0. The van der Waals surface area contributed by atoms with Crippen molar-refractivity contribution in [1.29, 1.82) is 0 Å². The number of aryl methyl sites for hydroxylation is 1. The van der Waals surface area contributed by atoms with E-state index in [1.54, 1.807) is 29.4 Å². The molecule has 31 heavy (non-hydrogen) atoms. The molecule has 2 heterocycles. The molecule has 2 amide bonds. The van der Waals surface area contributed by atoms with Crippen LogP contribution < -0.4 is 5.32 Å². The number of nitrogens with one attached hydrogen (secondary N) is 1. The van der Waals surface area contributed by atoms with Gasteiger partial charge in [-0.3, -0.25) is 9.59 Å². The number of benzene rings is 2. The van der Waals surface area contributed by atoms with Gasteiger partial charge in [0, 0.05) is 39.8 Å². The van der Waals surface area contributed by atoms with Gasteiger partial charge in [-0.1, -0.05) is 23.2 Å². The maximum absolute atomic E-state index is 13.0. The third kappa shape index (κ3) is 5.03. The highest BCUT2D eigenvalue weighted by molar-refractivity contribution is 7.99. The summed E-state index contributed by atoms with van der Waals surface area (Å²) in [6, 6.07) is 11.6. The standard InChI is InChI=1S/C21H19Cl2N5O2S/c1-27-12-24-26-21(27)31-17-6-4-16(5-7-17)25-19(29)18-3-2-8-28(18)20(30)13-9-14(22)11-15(23)10-13/h4-7,9-12,18H,2-3,8H2,1H3,(H,25,29). The molecule has 1 saturated heterocycles. The number of likely N-dealkylation sites (tertiary alicyclic amines) is 1. The zero-order chi connectivity index (χ0) is 22.0. The first kappa shape index (κ1) is 21.7. The summed E-state index contributed by atoms with van der Waals surface area (Å²) in [4.78, 5) is 28.4. The molecule has 0 aliphatic carbocycles. The molecule has 0 spiro atoms. The zero-order valence-corrected chi connectivity index (χ0v) is 18.9. The number of carbonyl (C=O) groups excluding carboxylic acids is 2. The van der Waals surface area contributed by atoms with E-state index in [9.17, 15) is 9.59 Å². The Hall–Kier alpha value is -2.55. The van der Waals surface area contributed by atoms with E-state index in [0.717, 1.165) is 16.5 Å². The van der Waals surface area contributed by atoms with E-state index >= 15 is 0 Å². The van der Waals surface area contributed by atoms with E-state index in [1.165, 1.54) is 11.8 Å². The Bertz CT molecular complexity index is 1100. The summed E-state index contributed by atoms with van der Waals surface area (Å²) < 4.78 is 1.83. The Morgan fingerprint density at radius 1 is 1.13 bits per heavy atom. The summed E-state index contributed by atoms with van der Waals surface area (Å²) in [5, 5.41) is 12.4. The van der Waals surface area contributed by atoms with Gasteiger partial charge in [-0.25, -0.2) is 0 Å². The summed E-state index contributed by atoms with van der Waals surface area (Å²) in [7, 11) is 1.88. The van der Waals surface area contributed by atoms with E-state index in [0.29, 0.717) is 34.3 Å². The van der Waals surface area contributed by atoms with Crippen LogP contribution in [0.1, 0.15) is 23.2 Å². The second-order valence-corrected chi connectivity index (χ2v) is 9.07. The van der Waals surface area contributed by atoms with Gasteiger partial charge in [-0.15, -0.1) is 10.2 Å². The topological polar surface area (TPSA) is 80.1 Å². The summed E-state index contributed by atoms with van der Waals surface area (Å²) in [6.07, 6.45) is 3.00. The number of amides is 2. The summed E-state index contributed by atoms with van der Waals surface area (Å²) in [5.74, 6) is -0.467. The van der Waals surface area contributed by atoms with Gasteiger partial charge >= 0.3 is 0 Å². The van der Waals surface area contributed by atoms with Crippen molar-refractivity contribution < 1.29 is 9.59 Å². The molecule has 1 atom stereocenters. The number of hydrogen-bond acceptors (Lipinski definition) is 5. The van der Waals surface area contributed by atoms with Crippen molar-refractivity contribution in [1.82, 2.24) is 19.7 Å². The van der Waals surface area contributed by atoms with E-state index in [1.807, 2.05) is 35.9 Å². The first-order chi connectivity index (χ1) is 14.9. The highest BCUT2D eigenvalue weighted by Gasteiger charge is 2.34. The van der Waals surface area contributed by atoms with Crippen LogP contribution in [0.3, 0.4) is 0 Å². The predicted molar refractivity (Wildman–Crippen MR) is 121 cm³/mol. The summed E-state index contributed by atoms with van der Waals surface area (Å²) in [6.45, 7) is 0.508. The first-order valence-corrected chi connectivity index (χ1v) is 11.2. The summed E-state index contributed by atoms with van der Waals surface area (Å²) >= 11 is 13.5. The minimum atomic E-state index is -0.544. The van der Waals surface area contributed by atoms with Crippen molar-refractivity contribution in [2.75, 3.05) is 11.9 Å². The normalized spacial score (nSPS) is 15.8. The van der Waals surface area contributed by atoms with Crippen LogP contribution in [0.25, 0.3) is 0 Å². The van der Waals surface area contributed by atoms with Gasteiger partial charge in [0.1, 0.15) is 12.4 Å². The molecule has 1 fully saturated rings. The van der Waals surface area contributed by atoms with Crippen LogP contribution >= 0.6 is 35.0 Å². The van der Waals surface area contributed by atoms with Crippen LogP contribution in [0.4, 0.5) is 5.69 Å². The fourth-order valence-corrected chi connectivity index (χ4v) is 4.72. The third-order valence-electron chi connectivity index (χ3n) is 4.93. The monoisotopic (exact) mass is 475 g/mol. The van der Waals surface area contributed by atoms with Crippen LogP contribution in [-0.2, 0) is 11.8 Å². The number of aromatic nitrogens is 3. The van der Waals surface area contributed by atoms with Crippen molar-refractivity contribution in [2.45, 2.75) is 28.9 Å². The lowest BCUT2D eigenvalue weighted by Crippen LogP contribution is -2.43. The molecule has 7 nitrogen and oxygen atoms in total. The molecule has 1 aliphatic rings. The van der Waals surface area contributed by atoms with Gasteiger partial charge in [0.05, 0.1) is 0 Å². The lowest BCUT2D eigenvalue weighted by molar-refractivity contribution is -0.119. The molecule has 4 rings (SSSR count). The zero-order valence-electron chi connectivity index (χ0n) is 16.6. The quantitative estimate of drug-likeness (QED) is 0.586. The van der Waals surface area contributed by atoms with Crippen molar-refractivity contribution in [2.24, 2.45) is 7.05 Å². The molecule has 2 aromatic carbocycles. The molecule has 0 radical (unpaired) electrons. The van der Waals surface area contributed by atoms with Crippen LogP contribution in [0, 0.1) is 0 Å². The van der Waals surface area contributed by atoms with Crippen LogP contribution in [0.5, 0.6) is 0 Å². The summed E-state index contributed by atoms with van der Waals surface area (Å²) in [5.41, 5.74) is 1.04. The number of hydrogen-bond donors (Lipinski definition) is 1. The molecular formula is C21H19Cl2N5O2S. The number of rotatable bonds is 5. The highest BCUT2D eigenvalue weighted by atomic mass is 35.5. The van der Waals surface area contributed by atoms with Crippen LogP contribution in [0.2, 0.25) is 10.0 Å². The minimum absolute atomic E-state index is 0.215. The Morgan fingerprint density at radius 3 is 2.48 bits per heavy atom. The minimum Gasteiger partial charge on any atom is -0.327 e. The van der Waals surface area contributed by atoms with E-state index in [2.05, 4.69) is 15.5 Å². The van der Waals surface area contributed by atoms with Gasteiger partial charge in [-0.05, 0) is 67.1 Å². The Kier molecular flexibility index (Phi) is 6.50. The largest absolute Gasteiger partial charge is 0.327 e. The second kappa shape index (κ2) is 9.30. The lowest BCUT2D eigenvalue weighted by Gasteiger charge is -2.24. The van der Waals surface area contributed by atoms with Crippen molar-refractivity contribution >= 4 is 52.5 Å². The predicted octanol–water partition coefficient (Wildman–Crippen LogP) is 4.52. The SMILES string of the molecule is Cn1cnnc1Sc1ccc(NC(=O)C2CCCN2C(=O)c2cc(Cl)cc(Cl)c2)cc1. The smallest absolute Gasteiger partial charge is 0.254 e. The molecule has 1 aliphatic heterocycles. The van der Waals surface area contributed by atoms with E-state index in [-0.39, 0.29) is 11.8 Å². The fraction of sp³-hybridized carbons (Fsp3) is 0.238. The van der Waals surface area contributed by atoms with E-state index < -0.39 is 6.04 Å². The third-order valence-corrected chi connectivity index (χ3v) is 6.42. The molecule has 160 valence electrons. The van der Waals surface area contributed by atoms with Gasteiger partial charge in [0.25, 0.3) is 5.91 Å². The molecule has 1 aromatic heterocycles. The van der Waals surface area contributed by atoms with Crippen molar-refractivity contribution in [3.05, 3.63) is 64.4 Å². The maximum Gasteiger partial charge on any atom is 0.254 e. The Balaban J connectivity index is 1.42. The lowest BCUT2D eigenvalue weighted by atomic mass is 10.1. The molecule has 10 heteroatoms.